The van der Waals surface area contributed by atoms with Crippen molar-refractivity contribution >= 4 is 22.5 Å². The maximum atomic E-state index is 12.6. The van der Waals surface area contributed by atoms with Crippen molar-refractivity contribution in [1.82, 2.24) is 19.7 Å². The highest BCUT2D eigenvalue weighted by Crippen LogP contribution is 2.29. The second-order valence-electron chi connectivity index (χ2n) is 8.97. The first-order chi connectivity index (χ1) is 15.7. The number of piperidine rings is 1. The molecule has 0 radical (unpaired) electrons. The van der Waals surface area contributed by atoms with Gasteiger partial charge in [-0.2, -0.15) is 5.10 Å². The second-order valence-corrected chi connectivity index (χ2v) is 8.97. The number of nitrogens with one attached hydrogen (secondary N) is 1. The number of hydrogen-bond acceptors (Lipinski definition) is 5. The standard InChI is InChI=1S/C25H31N5O2/c1-29-23(17-30-9-3-2-4-10-30)22(16-27-29)19-5-6-20-15-26-24(14-21(20)13-19)28-25(31)18-7-11-32-12-8-18/h5-6,13-16,18H,2-4,7-12,17H2,1H3,(H,26,28,31). The van der Waals surface area contributed by atoms with E-state index in [9.17, 15) is 4.79 Å². The molecule has 0 saturated carbocycles. The number of aryl methyl sites for hydroxylation is 1. The molecule has 4 heterocycles. The van der Waals surface area contributed by atoms with Crippen LogP contribution in [0.3, 0.4) is 0 Å². The molecule has 7 nitrogen and oxygen atoms in total. The Hall–Kier alpha value is -2.77. The van der Waals surface area contributed by atoms with Crippen molar-refractivity contribution in [2.75, 3.05) is 31.6 Å². The van der Waals surface area contributed by atoms with Crippen LogP contribution in [-0.4, -0.2) is 51.9 Å². The molecular formula is C25H31N5O2. The SMILES string of the molecule is Cn1ncc(-c2ccc3cnc(NC(=O)C4CCOCC4)cc3c2)c1CN1CCCCC1. The number of nitrogens with zero attached hydrogens (tertiary/aromatic N) is 4. The lowest BCUT2D eigenvalue weighted by Crippen LogP contribution is -2.30. The first-order valence-corrected chi connectivity index (χ1v) is 11.7. The highest BCUT2D eigenvalue weighted by Gasteiger charge is 2.22. The van der Waals surface area contributed by atoms with E-state index in [1.54, 1.807) is 0 Å². The zero-order valence-corrected chi connectivity index (χ0v) is 18.7. The minimum absolute atomic E-state index is 0.000296. The van der Waals surface area contributed by atoms with Crippen LogP contribution in [0.25, 0.3) is 21.9 Å². The normalized spacial score (nSPS) is 18.2. The molecule has 3 aromatic rings. The largest absolute Gasteiger partial charge is 0.381 e. The fourth-order valence-electron chi connectivity index (χ4n) is 4.79. The number of anilines is 1. The number of aromatic nitrogens is 3. The number of pyridine rings is 1. The van der Waals surface area contributed by atoms with Crippen molar-refractivity contribution in [3.05, 3.63) is 42.4 Å². The van der Waals surface area contributed by atoms with Gasteiger partial charge in [0.05, 0.1) is 11.9 Å². The van der Waals surface area contributed by atoms with Crippen LogP contribution in [0, 0.1) is 5.92 Å². The summed E-state index contributed by atoms with van der Waals surface area (Å²) in [5, 5.41) is 9.68. The number of amides is 1. The molecule has 5 rings (SSSR count). The average molecular weight is 434 g/mol. The number of carbonyl (C=O) groups excluding carboxylic acids is 1. The van der Waals surface area contributed by atoms with Crippen molar-refractivity contribution in [3.8, 4) is 11.1 Å². The van der Waals surface area contributed by atoms with Crippen LogP contribution in [0.15, 0.2) is 36.7 Å². The Morgan fingerprint density at radius 1 is 1.09 bits per heavy atom. The lowest BCUT2D eigenvalue weighted by Gasteiger charge is -2.26. The summed E-state index contributed by atoms with van der Waals surface area (Å²) in [5.41, 5.74) is 3.56. The molecule has 0 unspecified atom stereocenters. The molecule has 0 spiro atoms. The van der Waals surface area contributed by atoms with Gasteiger partial charge in [-0.3, -0.25) is 14.4 Å². The van der Waals surface area contributed by atoms with Crippen LogP contribution in [0.1, 0.15) is 37.8 Å². The van der Waals surface area contributed by atoms with Gasteiger partial charge in [-0.1, -0.05) is 18.6 Å². The number of carbonyl (C=O) groups is 1. The summed E-state index contributed by atoms with van der Waals surface area (Å²) in [6, 6.07) is 8.38. The molecule has 2 aromatic heterocycles. The van der Waals surface area contributed by atoms with Crippen LogP contribution in [0.4, 0.5) is 5.82 Å². The molecule has 2 saturated heterocycles. The Kier molecular flexibility index (Phi) is 6.19. The fraction of sp³-hybridized carbons (Fsp3) is 0.480. The van der Waals surface area contributed by atoms with E-state index in [-0.39, 0.29) is 11.8 Å². The molecule has 1 amide bonds. The maximum Gasteiger partial charge on any atom is 0.228 e. The van der Waals surface area contributed by atoms with Crippen molar-refractivity contribution in [1.29, 1.82) is 0 Å². The monoisotopic (exact) mass is 433 g/mol. The number of fused-ring (bicyclic) bond motifs is 1. The summed E-state index contributed by atoms with van der Waals surface area (Å²) >= 11 is 0. The van der Waals surface area contributed by atoms with E-state index in [2.05, 4.69) is 38.5 Å². The molecule has 2 aliphatic rings. The van der Waals surface area contributed by atoms with Crippen molar-refractivity contribution < 1.29 is 9.53 Å². The molecular weight excluding hydrogens is 402 g/mol. The Balaban J connectivity index is 1.39. The molecule has 2 fully saturated rings. The third kappa shape index (κ3) is 4.54. The van der Waals surface area contributed by atoms with Crippen LogP contribution in [0.2, 0.25) is 0 Å². The van der Waals surface area contributed by atoms with Crippen molar-refractivity contribution in [2.24, 2.45) is 13.0 Å². The zero-order chi connectivity index (χ0) is 21.9. The number of rotatable bonds is 5. The predicted molar refractivity (Wildman–Crippen MR) is 125 cm³/mol. The van der Waals surface area contributed by atoms with E-state index in [0.717, 1.165) is 48.8 Å². The molecule has 32 heavy (non-hydrogen) atoms. The number of benzene rings is 1. The van der Waals surface area contributed by atoms with Gasteiger partial charge >= 0.3 is 0 Å². The third-order valence-corrected chi connectivity index (χ3v) is 6.76. The minimum atomic E-state index is 0.000296. The van der Waals surface area contributed by atoms with Crippen LogP contribution < -0.4 is 5.32 Å². The van der Waals surface area contributed by atoms with Crippen LogP contribution >= 0.6 is 0 Å². The Bertz CT molecular complexity index is 1100. The van der Waals surface area contributed by atoms with E-state index in [1.165, 1.54) is 30.5 Å². The molecule has 1 aromatic carbocycles. The summed E-state index contributed by atoms with van der Waals surface area (Å²) < 4.78 is 7.37. The summed E-state index contributed by atoms with van der Waals surface area (Å²) in [6.07, 6.45) is 9.22. The molecule has 7 heteroatoms. The quantitative estimate of drug-likeness (QED) is 0.659. The maximum absolute atomic E-state index is 12.6. The average Bonchev–Trinajstić information content (AvgIpc) is 3.19. The highest BCUT2D eigenvalue weighted by atomic mass is 16.5. The third-order valence-electron chi connectivity index (χ3n) is 6.76. The van der Waals surface area contributed by atoms with Gasteiger partial charge in [0.25, 0.3) is 0 Å². The van der Waals surface area contributed by atoms with Gasteiger partial charge in [-0.25, -0.2) is 4.98 Å². The zero-order valence-electron chi connectivity index (χ0n) is 18.7. The van der Waals surface area contributed by atoms with Crippen molar-refractivity contribution in [3.63, 3.8) is 0 Å². The lowest BCUT2D eigenvalue weighted by atomic mass is 9.99. The van der Waals surface area contributed by atoms with Gasteiger partial charge in [-0.15, -0.1) is 0 Å². The van der Waals surface area contributed by atoms with Crippen LogP contribution in [-0.2, 0) is 23.1 Å². The molecule has 168 valence electrons. The fourth-order valence-corrected chi connectivity index (χ4v) is 4.79. The smallest absolute Gasteiger partial charge is 0.228 e. The van der Waals surface area contributed by atoms with Gasteiger partial charge in [-0.05, 0) is 61.9 Å². The molecule has 1 N–H and O–H groups in total. The number of ether oxygens (including phenoxy) is 1. The van der Waals surface area contributed by atoms with E-state index in [0.29, 0.717) is 19.0 Å². The Labute approximate surface area is 188 Å². The summed E-state index contributed by atoms with van der Waals surface area (Å²) in [5.74, 6) is 0.638. The van der Waals surface area contributed by atoms with Gasteiger partial charge in [0.15, 0.2) is 0 Å². The summed E-state index contributed by atoms with van der Waals surface area (Å²) in [4.78, 5) is 19.6. The Morgan fingerprint density at radius 3 is 2.72 bits per heavy atom. The molecule has 2 aliphatic heterocycles. The first kappa shape index (κ1) is 21.1. The van der Waals surface area contributed by atoms with E-state index >= 15 is 0 Å². The van der Waals surface area contributed by atoms with Gasteiger partial charge < -0.3 is 10.1 Å². The van der Waals surface area contributed by atoms with Gasteiger partial charge in [0.1, 0.15) is 5.82 Å². The molecule has 0 atom stereocenters. The number of hydrogen-bond donors (Lipinski definition) is 1. The minimum Gasteiger partial charge on any atom is -0.381 e. The Morgan fingerprint density at radius 2 is 1.91 bits per heavy atom. The van der Waals surface area contributed by atoms with E-state index < -0.39 is 0 Å². The lowest BCUT2D eigenvalue weighted by molar-refractivity contribution is -0.122. The summed E-state index contributed by atoms with van der Waals surface area (Å²) in [7, 11) is 2.03. The van der Waals surface area contributed by atoms with Crippen LogP contribution in [0.5, 0.6) is 0 Å². The first-order valence-electron chi connectivity index (χ1n) is 11.7. The summed E-state index contributed by atoms with van der Waals surface area (Å²) in [6.45, 7) is 4.54. The number of likely N-dealkylation sites (tertiary alicyclic amines) is 1. The molecule has 0 bridgehead atoms. The molecule has 0 aliphatic carbocycles. The van der Waals surface area contributed by atoms with Crippen molar-refractivity contribution in [2.45, 2.75) is 38.6 Å². The highest BCUT2D eigenvalue weighted by molar-refractivity contribution is 5.95. The van der Waals surface area contributed by atoms with E-state index in [1.807, 2.05) is 30.2 Å². The van der Waals surface area contributed by atoms with Gasteiger partial charge in [0.2, 0.25) is 5.91 Å². The second kappa shape index (κ2) is 9.38. The predicted octanol–water partition coefficient (Wildman–Crippen LogP) is 3.99. The topological polar surface area (TPSA) is 72.3 Å². The van der Waals surface area contributed by atoms with E-state index in [4.69, 9.17) is 4.74 Å². The van der Waals surface area contributed by atoms with Gasteiger partial charge in [0, 0.05) is 49.9 Å².